The van der Waals surface area contributed by atoms with Gasteiger partial charge >= 0.3 is 0 Å². The molecule has 130 valence electrons. The molecule has 1 aromatic rings. The standard InChI is InChI=1S/C17H24N4O2S/c1-13-3-4-15(11-18)17(19-13)21-9-7-14(8-10-21)12-20(2)24(22,23)16-5-6-16/h3-4,14,16H,5-10,12H2,1-2H3. The zero-order valence-electron chi connectivity index (χ0n) is 14.3. The lowest BCUT2D eigenvalue weighted by molar-refractivity contribution is 0.327. The number of anilines is 1. The molecule has 1 aliphatic heterocycles. The first-order valence-electron chi connectivity index (χ1n) is 8.49. The van der Waals surface area contributed by atoms with Crippen LogP contribution in [0.25, 0.3) is 0 Å². The number of aromatic nitrogens is 1. The Morgan fingerprint density at radius 2 is 1.96 bits per heavy atom. The summed E-state index contributed by atoms with van der Waals surface area (Å²) < 4.78 is 26.0. The van der Waals surface area contributed by atoms with E-state index >= 15 is 0 Å². The highest BCUT2D eigenvalue weighted by Crippen LogP contribution is 2.32. The van der Waals surface area contributed by atoms with Crippen LogP contribution in [0, 0.1) is 24.2 Å². The molecule has 1 saturated carbocycles. The second-order valence-electron chi connectivity index (χ2n) is 6.89. The van der Waals surface area contributed by atoms with Crippen molar-refractivity contribution in [1.29, 1.82) is 5.26 Å². The number of nitrogens with zero attached hydrogens (tertiary/aromatic N) is 4. The molecular formula is C17H24N4O2S. The summed E-state index contributed by atoms with van der Waals surface area (Å²) in [6.45, 7) is 4.15. The molecule has 1 aliphatic carbocycles. The number of hydrogen-bond acceptors (Lipinski definition) is 5. The van der Waals surface area contributed by atoms with Crippen LogP contribution in [0.5, 0.6) is 0 Å². The van der Waals surface area contributed by atoms with Crippen molar-refractivity contribution in [3.05, 3.63) is 23.4 Å². The Morgan fingerprint density at radius 3 is 2.54 bits per heavy atom. The Hall–Kier alpha value is -1.65. The summed E-state index contributed by atoms with van der Waals surface area (Å²) in [7, 11) is -1.38. The lowest BCUT2D eigenvalue weighted by Crippen LogP contribution is -2.40. The highest BCUT2D eigenvalue weighted by atomic mass is 32.2. The van der Waals surface area contributed by atoms with Crippen LogP contribution in [0.15, 0.2) is 12.1 Å². The van der Waals surface area contributed by atoms with Gasteiger partial charge in [-0.15, -0.1) is 0 Å². The van der Waals surface area contributed by atoms with E-state index in [1.54, 1.807) is 11.4 Å². The van der Waals surface area contributed by atoms with E-state index in [2.05, 4.69) is 16.0 Å². The molecule has 0 radical (unpaired) electrons. The lowest BCUT2D eigenvalue weighted by Gasteiger charge is -2.34. The lowest BCUT2D eigenvalue weighted by atomic mass is 9.96. The summed E-state index contributed by atoms with van der Waals surface area (Å²) in [6.07, 6.45) is 3.46. The molecule has 1 saturated heterocycles. The van der Waals surface area contributed by atoms with E-state index < -0.39 is 10.0 Å². The molecule has 1 aromatic heterocycles. The van der Waals surface area contributed by atoms with Crippen molar-refractivity contribution in [2.45, 2.75) is 37.9 Å². The average Bonchev–Trinajstić information content (AvgIpc) is 3.41. The first-order valence-corrected chi connectivity index (χ1v) is 10.00. The maximum absolute atomic E-state index is 12.2. The predicted molar refractivity (Wildman–Crippen MR) is 93.2 cm³/mol. The molecule has 7 heteroatoms. The van der Waals surface area contributed by atoms with Gasteiger partial charge in [0.1, 0.15) is 11.9 Å². The smallest absolute Gasteiger partial charge is 0.216 e. The van der Waals surface area contributed by atoms with Gasteiger partial charge in [0, 0.05) is 32.4 Å². The average molecular weight is 348 g/mol. The normalized spacial score (nSPS) is 19.5. The van der Waals surface area contributed by atoms with Crippen LogP contribution < -0.4 is 4.90 Å². The summed E-state index contributed by atoms with van der Waals surface area (Å²) in [4.78, 5) is 6.67. The van der Waals surface area contributed by atoms with Crippen LogP contribution in [-0.4, -0.2) is 49.6 Å². The van der Waals surface area contributed by atoms with Gasteiger partial charge in [0.25, 0.3) is 0 Å². The fourth-order valence-corrected chi connectivity index (χ4v) is 4.95. The third-order valence-corrected chi connectivity index (χ3v) is 7.28. The predicted octanol–water partition coefficient (Wildman–Crippen LogP) is 1.90. The van der Waals surface area contributed by atoms with Crippen LogP contribution in [0.4, 0.5) is 5.82 Å². The molecule has 2 aliphatic rings. The second-order valence-corrected chi connectivity index (χ2v) is 9.21. The van der Waals surface area contributed by atoms with Crippen molar-refractivity contribution in [1.82, 2.24) is 9.29 Å². The van der Waals surface area contributed by atoms with E-state index in [9.17, 15) is 13.7 Å². The van der Waals surface area contributed by atoms with Gasteiger partial charge in [0.2, 0.25) is 10.0 Å². The van der Waals surface area contributed by atoms with Gasteiger partial charge in [-0.05, 0) is 50.7 Å². The molecule has 2 heterocycles. The van der Waals surface area contributed by atoms with E-state index in [0.717, 1.165) is 50.3 Å². The van der Waals surface area contributed by atoms with Gasteiger partial charge in [-0.1, -0.05) is 0 Å². The van der Waals surface area contributed by atoms with E-state index in [-0.39, 0.29) is 5.25 Å². The molecule has 0 unspecified atom stereocenters. The number of aryl methyl sites for hydroxylation is 1. The molecular weight excluding hydrogens is 324 g/mol. The summed E-state index contributed by atoms with van der Waals surface area (Å²) >= 11 is 0. The van der Waals surface area contributed by atoms with Crippen LogP contribution in [0.3, 0.4) is 0 Å². The van der Waals surface area contributed by atoms with Gasteiger partial charge < -0.3 is 4.90 Å². The molecule has 0 N–H and O–H groups in total. The van der Waals surface area contributed by atoms with E-state index in [4.69, 9.17) is 0 Å². The summed E-state index contributed by atoms with van der Waals surface area (Å²) in [5.41, 5.74) is 1.51. The molecule has 2 fully saturated rings. The Morgan fingerprint density at radius 1 is 1.29 bits per heavy atom. The minimum atomic E-state index is -3.08. The zero-order valence-corrected chi connectivity index (χ0v) is 15.1. The van der Waals surface area contributed by atoms with Gasteiger partial charge in [0.05, 0.1) is 10.8 Å². The number of sulfonamides is 1. The molecule has 0 bridgehead atoms. The Labute approximate surface area is 144 Å². The molecule has 0 aromatic carbocycles. The van der Waals surface area contributed by atoms with Crippen LogP contribution in [-0.2, 0) is 10.0 Å². The van der Waals surface area contributed by atoms with Gasteiger partial charge in [-0.25, -0.2) is 17.7 Å². The van der Waals surface area contributed by atoms with Gasteiger partial charge in [-0.2, -0.15) is 5.26 Å². The highest BCUT2D eigenvalue weighted by Gasteiger charge is 2.39. The topological polar surface area (TPSA) is 77.3 Å². The van der Waals surface area contributed by atoms with Crippen molar-refractivity contribution in [3.8, 4) is 6.07 Å². The van der Waals surface area contributed by atoms with Crippen molar-refractivity contribution < 1.29 is 8.42 Å². The minimum Gasteiger partial charge on any atom is -0.355 e. The molecule has 0 amide bonds. The molecule has 0 spiro atoms. The summed E-state index contributed by atoms with van der Waals surface area (Å²) in [5.74, 6) is 1.13. The number of pyridine rings is 1. The Kier molecular flexibility index (Phi) is 4.79. The van der Waals surface area contributed by atoms with E-state index in [0.29, 0.717) is 18.0 Å². The summed E-state index contributed by atoms with van der Waals surface area (Å²) in [6, 6.07) is 5.88. The first-order chi connectivity index (χ1) is 11.4. The molecule has 0 atom stereocenters. The number of nitriles is 1. The SMILES string of the molecule is Cc1ccc(C#N)c(N2CCC(CN(C)S(=O)(=O)C3CC3)CC2)n1. The van der Waals surface area contributed by atoms with Crippen molar-refractivity contribution in [2.75, 3.05) is 31.6 Å². The van der Waals surface area contributed by atoms with Crippen LogP contribution >= 0.6 is 0 Å². The molecule has 6 nitrogen and oxygen atoms in total. The van der Waals surface area contributed by atoms with Crippen molar-refractivity contribution in [2.24, 2.45) is 5.92 Å². The maximum Gasteiger partial charge on any atom is 0.216 e. The monoisotopic (exact) mass is 348 g/mol. The third-order valence-electron chi connectivity index (χ3n) is 4.94. The quantitative estimate of drug-likeness (QED) is 0.812. The Balaban J connectivity index is 1.60. The summed E-state index contributed by atoms with van der Waals surface area (Å²) in [5, 5.41) is 9.13. The van der Waals surface area contributed by atoms with Gasteiger partial charge in [-0.3, -0.25) is 0 Å². The Bertz CT molecular complexity index is 744. The zero-order chi connectivity index (χ0) is 17.3. The van der Waals surface area contributed by atoms with E-state index in [1.807, 2.05) is 19.1 Å². The van der Waals surface area contributed by atoms with E-state index in [1.165, 1.54) is 0 Å². The molecule has 24 heavy (non-hydrogen) atoms. The fourth-order valence-electron chi connectivity index (χ4n) is 3.29. The highest BCUT2D eigenvalue weighted by molar-refractivity contribution is 7.90. The third kappa shape index (κ3) is 3.55. The fraction of sp³-hybridized carbons (Fsp3) is 0.647. The van der Waals surface area contributed by atoms with Crippen molar-refractivity contribution in [3.63, 3.8) is 0 Å². The minimum absolute atomic E-state index is 0.141. The largest absolute Gasteiger partial charge is 0.355 e. The second kappa shape index (κ2) is 6.69. The van der Waals surface area contributed by atoms with Crippen LogP contribution in [0.1, 0.15) is 36.9 Å². The number of rotatable bonds is 5. The van der Waals surface area contributed by atoms with Crippen LogP contribution in [0.2, 0.25) is 0 Å². The number of piperidine rings is 1. The number of hydrogen-bond donors (Lipinski definition) is 0. The maximum atomic E-state index is 12.2. The van der Waals surface area contributed by atoms with Crippen molar-refractivity contribution >= 4 is 15.8 Å². The first kappa shape index (κ1) is 17.2. The van der Waals surface area contributed by atoms with Gasteiger partial charge in [0.15, 0.2) is 0 Å². The molecule has 3 rings (SSSR count).